The largest absolute Gasteiger partial charge is 0.372 e. The van der Waals surface area contributed by atoms with Gasteiger partial charge in [-0.05, 0) is 19.9 Å². The minimum atomic E-state index is 0.128. The highest BCUT2D eigenvalue weighted by Gasteiger charge is 2.25. The number of hydrogen-bond acceptors (Lipinski definition) is 5. The maximum atomic E-state index is 11.4. The molecule has 1 aliphatic heterocycles. The fourth-order valence-electron chi connectivity index (χ4n) is 2.74. The monoisotopic (exact) mass is 286 g/mol. The van der Waals surface area contributed by atoms with Gasteiger partial charge in [0.2, 0.25) is 0 Å². The summed E-state index contributed by atoms with van der Waals surface area (Å²) in [6, 6.07) is 1.85. The summed E-state index contributed by atoms with van der Waals surface area (Å²) in [6.07, 6.45) is 6.38. The molecule has 2 atom stereocenters. The van der Waals surface area contributed by atoms with Crippen molar-refractivity contribution in [2.75, 3.05) is 18.0 Å². The number of ether oxygens (including phenoxy) is 1. The molecule has 1 fully saturated rings. The fraction of sp³-hybridized carbons (Fsp3) is 0.400. The van der Waals surface area contributed by atoms with E-state index in [0.717, 1.165) is 36.3 Å². The van der Waals surface area contributed by atoms with Crippen LogP contribution in [0, 0.1) is 0 Å². The molecule has 21 heavy (non-hydrogen) atoms. The lowest BCUT2D eigenvalue weighted by Crippen LogP contribution is -2.46. The minimum Gasteiger partial charge on any atom is -0.372 e. The number of aldehydes is 1. The van der Waals surface area contributed by atoms with Crippen molar-refractivity contribution in [3.05, 3.63) is 30.2 Å². The Morgan fingerprint density at radius 2 is 2.05 bits per heavy atom. The van der Waals surface area contributed by atoms with Crippen LogP contribution < -0.4 is 4.90 Å². The van der Waals surface area contributed by atoms with Crippen molar-refractivity contribution in [1.82, 2.24) is 15.2 Å². The van der Waals surface area contributed by atoms with E-state index in [4.69, 9.17) is 4.74 Å². The molecule has 0 unspecified atom stereocenters. The Bertz CT molecular complexity index is 617. The van der Waals surface area contributed by atoms with Crippen LogP contribution in [0.5, 0.6) is 0 Å². The number of nitrogens with one attached hydrogen (secondary N) is 1. The number of nitrogens with zero attached hydrogens (tertiary/aromatic N) is 3. The van der Waals surface area contributed by atoms with E-state index >= 15 is 0 Å². The summed E-state index contributed by atoms with van der Waals surface area (Å²) in [4.78, 5) is 18.0. The molecule has 0 aromatic carbocycles. The maximum absolute atomic E-state index is 11.4. The van der Waals surface area contributed by atoms with Crippen LogP contribution in [0.4, 0.5) is 5.82 Å². The third kappa shape index (κ3) is 2.80. The number of morpholine rings is 1. The smallest absolute Gasteiger partial charge is 0.153 e. The zero-order valence-electron chi connectivity index (χ0n) is 12.1. The molecule has 0 spiro atoms. The van der Waals surface area contributed by atoms with Gasteiger partial charge in [0.15, 0.2) is 6.29 Å². The molecule has 3 heterocycles. The summed E-state index contributed by atoms with van der Waals surface area (Å²) in [5, 5.41) is 6.68. The number of hydrogen-bond donors (Lipinski definition) is 1. The molecule has 6 heteroatoms. The quantitative estimate of drug-likeness (QED) is 0.873. The second-order valence-corrected chi connectivity index (χ2v) is 5.40. The van der Waals surface area contributed by atoms with Gasteiger partial charge in [-0.25, -0.2) is 4.98 Å². The van der Waals surface area contributed by atoms with E-state index < -0.39 is 0 Å². The molecule has 3 rings (SSSR count). The summed E-state index contributed by atoms with van der Waals surface area (Å²) >= 11 is 0. The van der Waals surface area contributed by atoms with E-state index in [-0.39, 0.29) is 12.2 Å². The normalized spacial score (nSPS) is 22.3. The highest BCUT2D eigenvalue weighted by atomic mass is 16.5. The lowest BCUT2D eigenvalue weighted by molar-refractivity contribution is -0.00549. The maximum Gasteiger partial charge on any atom is 0.153 e. The van der Waals surface area contributed by atoms with Crippen molar-refractivity contribution in [2.24, 2.45) is 0 Å². The molecule has 2 aromatic heterocycles. The first-order valence-corrected chi connectivity index (χ1v) is 7.02. The van der Waals surface area contributed by atoms with Gasteiger partial charge in [-0.2, -0.15) is 5.10 Å². The summed E-state index contributed by atoms with van der Waals surface area (Å²) in [6.45, 7) is 5.54. The van der Waals surface area contributed by atoms with Crippen molar-refractivity contribution in [3.8, 4) is 11.1 Å². The van der Waals surface area contributed by atoms with Crippen molar-refractivity contribution in [1.29, 1.82) is 0 Å². The van der Waals surface area contributed by atoms with Crippen LogP contribution in [-0.4, -0.2) is 46.8 Å². The summed E-state index contributed by atoms with van der Waals surface area (Å²) in [7, 11) is 0. The predicted molar refractivity (Wildman–Crippen MR) is 79.4 cm³/mol. The molecule has 0 radical (unpaired) electrons. The van der Waals surface area contributed by atoms with Gasteiger partial charge in [0.25, 0.3) is 0 Å². The molecule has 6 nitrogen and oxygen atoms in total. The fourth-order valence-corrected chi connectivity index (χ4v) is 2.74. The zero-order chi connectivity index (χ0) is 14.8. The molecule has 2 aromatic rings. The lowest BCUT2D eigenvalue weighted by atomic mass is 10.1. The topological polar surface area (TPSA) is 71.1 Å². The Labute approximate surface area is 123 Å². The van der Waals surface area contributed by atoms with Gasteiger partial charge in [-0.3, -0.25) is 9.89 Å². The van der Waals surface area contributed by atoms with Gasteiger partial charge in [-0.1, -0.05) is 0 Å². The number of pyridine rings is 1. The Balaban J connectivity index is 1.94. The van der Waals surface area contributed by atoms with Crippen molar-refractivity contribution in [2.45, 2.75) is 26.1 Å². The van der Waals surface area contributed by atoms with E-state index in [2.05, 4.69) is 20.1 Å². The van der Waals surface area contributed by atoms with E-state index in [1.54, 1.807) is 18.6 Å². The number of aromatic nitrogens is 3. The van der Waals surface area contributed by atoms with Crippen LogP contribution >= 0.6 is 0 Å². The molecule has 0 aliphatic carbocycles. The molecule has 110 valence electrons. The van der Waals surface area contributed by atoms with E-state index in [1.165, 1.54) is 0 Å². The molecule has 1 aliphatic rings. The number of carbonyl (C=O) groups excluding carboxylic acids is 1. The third-order valence-electron chi connectivity index (χ3n) is 3.57. The van der Waals surface area contributed by atoms with Crippen LogP contribution in [-0.2, 0) is 4.74 Å². The van der Waals surface area contributed by atoms with Crippen LogP contribution in [0.1, 0.15) is 24.2 Å². The third-order valence-corrected chi connectivity index (χ3v) is 3.57. The summed E-state index contributed by atoms with van der Waals surface area (Å²) < 4.78 is 5.72. The number of carbonyl (C=O) groups is 1. The van der Waals surface area contributed by atoms with E-state index in [9.17, 15) is 4.79 Å². The Hall–Kier alpha value is -2.21. The second-order valence-electron chi connectivity index (χ2n) is 5.40. The van der Waals surface area contributed by atoms with Gasteiger partial charge in [0.05, 0.1) is 24.0 Å². The standard InChI is InChI=1S/C15H18N4O2/c1-10-7-19(8-11(2)21-10)15-13(9-20)3-12(4-16-15)14-5-17-18-6-14/h3-6,9-11H,7-8H2,1-2H3,(H,17,18)/t10-,11+. The number of anilines is 1. The van der Waals surface area contributed by atoms with Crippen LogP contribution in [0.25, 0.3) is 11.1 Å². The Morgan fingerprint density at radius 3 is 2.67 bits per heavy atom. The SMILES string of the molecule is C[C@@H]1CN(c2ncc(-c3cn[nH]c3)cc2C=O)C[C@H](C)O1. The highest BCUT2D eigenvalue weighted by Crippen LogP contribution is 2.25. The van der Waals surface area contributed by atoms with E-state index in [1.807, 2.05) is 19.9 Å². The Morgan fingerprint density at radius 1 is 1.29 bits per heavy atom. The highest BCUT2D eigenvalue weighted by molar-refractivity contribution is 5.85. The number of aromatic amines is 1. The first kappa shape index (κ1) is 13.8. The first-order valence-electron chi connectivity index (χ1n) is 7.02. The van der Waals surface area contributed by atoms with E-state index in [0.29, 0.717) is 5.56 Å². The summed E-state index contributed by atoms with van der Waals surface area (Å²) in [5.41, 5.74) is 2.39. The average molecular weight is 286 g/mol. The molecular formula is C15H18N4O2. The lowest BCUT2D eigenvalue weighted by Gasteiger charge is -2.36. The summed E-state index contributed by atoms with van der Waals surface area (Å²) in [5.74, 6) is 0.722. The molecule has 0 bridgehead atoms. The van der Waals surface area contributed by atoms with Crippen LogP contribution in [0.2, 0.25) is 0 Å². The predicted octanol–water partition coefficient (Wildman–Crippen LogP) is 1.90. The molecule has 1 saturated heterocycles. The van der Waals surface area contributed by atoms with Gasteiger partial charge < -0.3 is 9.64 Å². The second kappa shape index (κ2) is 5.65. The van der Waals surface area contributed by atoms with Crippen molar-refractivity contribution in [3.63, 3.8) is 0 Å². The van der Waals surface area contributed by atoms with Crippen LogP contribution in [0.15, 0.2) is 24.7 Å². The molecule has 0 saturated carbocycles. The average Bonchev–Trinajstić information content (AvgIpc) is 2.99. The van der Waals surface area contributed by atoms with Crippen molar-refractivity contribution >= 4 is 12.1 Å². The van der Waals surface area contributed by atoms with Crippen molar-refractivity contribution < 1.29 is 9.53 Å². The van der Waals surface area contributed by atoms with Gasteiger partial charge in [0.1, 0.15) is 5.82 Å². The zero-order valence-corrected chi connectivity index (χ0v) is 12.1. The Kier molecular flexibility index (Phi) is 3.70. The number of H-pyrrole nitrogens is 1. The minimum absolute atomic E-state index is 0.128. The van der Waals surface area contributed by atoms with Gasteiger partial charge >= 0.3 is 0 Å². The molecule has 1 N–H and O–H groups in total. The van der Waals surface area contributed by atoms with Gasteiger partial charge in [0, 0.05) is 36.6 Å². The first-order chi connectivity index (χ1) is 10.2. The molecule has 0 amide bonds. The van der Waals surface area contributed by atoms with Gasteiger partial charge in [-0.15, -0.1) is 0 Å². The molecular weight excluding hydrogens is 268 g/mol. The number of rotatable bonds is 3. The van der Waals surface area contributed by atoms with Crippen LogP contribution in [0.3, 0.4) is 0 Å².